The van der Waals surface area contributed by atoms with E-state index in [1.54, 1.807) is 19.2 Å². The van der Waals surface area contributed by atoms with Crippen LogP contribution >= 0.6 is 0 Å². The highest BCUT2D eigenvalue weighted by atomic mass is 19.1. The maximum absolute atomic E-state index is 12.5. The lowest BCUT2D eigenvalue weighted by Crippen LogP contribution is -2.18. The van der Waals surface area contributed by atoms with Crippen LogP contribution in [0.4, 0.5) is 4.39 Å². The van der Waals surface area contributed by atoms with E-state index in [1.807, 2.05) is 6.92 Å². The quantitative estimate of drug-likeness (QED) is 0.724. The van der Waals surface area contributed by atoms with Crippen molar-refractivity contribution in [2.24, 2.45) is 0 Å². The summed E-state index contributed by atoms with van der Waals surface area (Å²) in [4.78, 5) is 0. The minimum atomic E-state index is -0.254. The normalized spacial score (nSPS) is 12.5. The molecule has 1 rings (SSSR count). The van der Waals surface area contributed by atoms with Crippen molar-refractivity contribution in [2.45, 2.75) is 19.4 Å². The first kappa shape index (κ1) is 11.0. The van der Waals surface area contributed by atoms with Gasteiger partial charge in [-0.25, -0.2) is 4.39 Å². The van der Waals surface area contributed by atoms with Gasteiger partial charge in [0.1, 0.15) is 18.2 Å². The van der Waals surface area contributed by atoms with Crippen LogP contribution in [0, 0.1) is 5.82 Å². The third-order valence-corrected chi connectivity index (χ3v) is 2.04. The van der Waals surface area contributed by atoms with Crippen LogP contribution in [0.1, 0.15) is 13.3 Å². The first-order valence-electron chi connectivity index (χ1n) is 4.67. The van der Waals surface area contributed by atoms with E-state index in [0.717, 1.165) is 6.42 Å². The van der Waals surface area contributed by atoms with Gasteiger partial charge in [-0.1, -0.05) is 6.92 Å². The van der Waals surface area contributed by atoms with Crippen molar-refractivity contribution in [1.82, 2.24) is 0 Å². The number of hydrogen-bond acceptors (Lipinski definition) is 2. The molecule has 0 saturated carbocycles. The molecule has 3 heteroatoms. The van der Waals surface area contributed by atoms with Crippen LogP contribution < -0.4 is 4.74 Å². The third-order valence-electron chi connectivity index (χ3n) is 2.04. The summed E-state index contributed by atoms with van der Waals surface area (Å²) < 4.78 is 23.1. The number of ether oxygens (including phenoxy) is 2. The van der Waals surface area contributed by atoms with Gasteiger partial charge in [-0.15, -0.1) is 0 Å². The van der Waals surface area contributed by atoms with E-state index in [-0.39, 0.29) is 11.9 Å². The molecule has 0 aromatic heterocycles. The Bertz CT molecular complexity index is 254. The Hall–Kier alpha value is -1.09. The van der Waals surface area contributed by atoms with E-state index in [4.69, 9.17) is 9.47 Å². The summed E-state index contributed by atoms with van der Waals surface area (Å²) in [6.45, 7) is 2.53. The molecule has 78 valence electrons. The van der Waals surface area contributed by atoms with Crippen molar-refractivity contribution in [1.29, 1.82) is 0 Å². The van der Waals surface area contributed by atoms with E-state index in [9.17, 15) is 4.39 Å². The van der Waals surface area contributed by atoms with Crippen molar-refractivity contribution in [3.8, 4) is 5.75 Å². The van der Waals surface area contributed by atoms with Crippen LogP contribution in [0.5, 0.6) is 5.75 Å². The van der Waals surface area contributed by atoms with E-state index >= 15 is 0 Å². The smallest absolute Gasteiger partial charge is 0.123 e. The van der Waals surface area contributed by atoms with Crippen LogP contribution in [0.3, 0.4) is 0 Å². The fraction of sp³-hybridized carbons (Fsp3) is 0.455. The molecule has 1 unspecified atom stereocenters. The summed E-state index contributed by atoms with van der Waals surface area (Å²) in [5.41, 5.74) is 0. The van der Waals surface area contributed by atoms with Crippen LogP contribution in [0.2, 0.25) is 0 Å². The molecule has 0 fully saturated rings. The molecule has 0 saturated heterocycles. The molecule has 1 aromatic rings. The minimum absolute atomic E-state index is 0.0973. The van der Waals surface area contributed by atoms with Gasteiger partial charge in [-0.3, -0.25) is 0 Å². The van der Waals surface area contributed by atoms with Gasteiger partial charge in [0, 0.05) is 7.11 Å². The second-order valence-corrected chi connectivity index (χ2v) is 3.03. The molecule has 0 heterocycles. The molecule has 1 atom stereocenters. The molecule has 0 aliphatic carbocycles. The molecule has 2 nitrogen and oxygen atoms in total. The average molecular weight is 198 g/mol. The lowest BCUT2D eigenvalue weighted by Gasteiger charge is -2.13. The lowest BCUT2D eigenvalue weighted by atomic mass is 10.3. The standard InChI is InChI=1S/C11H15FO2/c1-3-10(13-2)8-14-11-6-4-9(12)5-7-11/h4-7,10H,3,8H2,1-2H3. The fourth-order valence-corrected chi connectivity index (χ4v) is 1.07. The molecule has 0 amide bonds. The molecule has 0 spiro atoms. The van der Waals surface area contributed by atoms with Crippen molar-refractivity contribution in [3.05, 3.63) is 30.1 Å². The van der Waals surface area contributed by atoms with Gasteiger partial charge < -0.3 is 9.47 Å². The first-order chi connectivity index (χ1) is 6.76. The van der Waals surface area contributed by atoms with Crippen molar-refractivity contribution in [3.63, 3.8) is 0 Å². The fourth-order valence-electron chi connectivity index (χ4n) is 1.07. The van der Waals surface area contributed by atoms with Gasteiger partial charge in [0.2, 0.25) is 0 Å². The summed E-state index contributed by atoms with van der Waals surface area (Å²) >= 11 is 0. The zero-order valence-electron chi connectivity index (χ0n) is 8.50. The highest BCUT2D eigenvalue weighted by Crippen LogP contribution is 2.12. The van der Waals surface area contributed by atoms with Gasteiger partial charge >= 0.3 is 0 Å². The largest absolute Gasteiger partial charge is 0.491 e. The zero-order valence-corrected chi connectivity index (χ0v) is 8.50. The maximum Gasteiger partial charge on any atom is 0.123 e. The molecule has 0 aliphatic heterocycles. The van der Waals surface area contributed by atoms with E-state index in [0.29, 0.717) is 12.4 Å². The van der Waals surface area contributed by atoms with Crippen molar-refractivity contribution in [2.75, 3.05) is 13.7 Å². The van der Waals surface area contributed by atoms with Gasteiger partial charge in [0.25, 0.3) is 0 Å². The molecular formula is C11H15FO2. The average Bonchev–Trinajstić information content (AvgIpc) is 2.22. The van der Waals surface area contributed by atoms with E-state index < -0.39 is 0 Å². The topological polar surface area (TPSA) is 18.5 Å². The molecular weight excluding hydrogens is 183 g/mol. The van der Waals surface area contributed by atoms with Crippen molar-refractivity contribution >= 4 is 0 Å². The Morgan fingerprint density at radius 3 is 2.43 bits per heavy atom. The maximum atomic E-state index is 12.5. The number of hydrogen-bond donors (Lipinski definition) is 0. The molecule has 0 aliphatic rings. The van der Waals surface area contributed by atoms with Crippen molar-refractivity contribution < 1.29 is 13.9 Å². The minimum Gasteiger partial charge on any atom is -0.491 e. The summed E-state index contributed by atoms with van der Waals surface area (Å²) in [5, 5.41) is 0. The summed E-state index contributed by atoms with van der Waals surface area (Å²) in [6.07, 6.45) is 0.998. The second-order valence-electron chi connectivity index (χ2n) is 3.03. The van der Waals surface area contributed by atoms with Crippen LogP contribution in [-0.4, -0.2) is 19.8 Å². The number of halogens is 1. The summed E-state index contributed by atoms with van der Waals surface area (Å²) in [7, 11) is 1.65. The SMILES string of the molecule is CCC(COc1ccc(F)cc1)OC. The number of rotatable bonds is 5. The van der Waals surface area contributed by atoms with Crippen LogP contribution in [0.15, 0.2) is 24.3 Å². The predicted octanol–water partition coefficient (Wildman–Crippen LogP) is 2.63. The number of benzene rings is 1. The third kappa shape index (κ3) is 3.34. The van der Waals surface area contributed by atoms with E-state index in [1.165, 1.54) is 12.1 Å². The highest BCUT2D eigenvalue weighted by molar-refractivity contribution is 5.22. The molecule has 14 heavy (non-hydrogen) atoms. The lowest BCUT2D eigenvalue weighted by molar-refractivity contribution is 0.0555. The number of methoxy groups -OCH3 is 1. The predicted molar refractivity (Wildman–Crippen MR) is 53.0 cm³/mol. The van der Waals surface area contributed by atoms with Crippen LogP contribution in [0.25, 0.3) is 0 Å². The highest BCUT2D eigenvalue weighted by Gasteiger charge is 2.04. The molecule has 0 N–H and O–H groups in total. The molecule has 0 bridgehead atoms. The Morgan fingerprint density at radius 1 is 1.29 bits per heavy atom. The zero-order chi connectivity index (χ0) is 10.4. The van der Waals surface area contributed by atoms with Gasteiger partial charge in [0.05, 0.1) is 6.10 Å². The van der Waals surface area contributed by atoms with Gasteiger partial charge in [0.15, 0.2) is 0 Å². The monoisotopic (exact) mass is 198 g/mol. The first-order valence-corrected chi connectivity index (χ1v) is 4.67. The molecule has 0 radical (unpaired) electrons. The molecule has 1 aromatic carbocycles. The van der Waals surface area contributed by atoms with Gasteiger partial charge in [-0.2, -0.15) is 0 Å². The Kier molecular flexibility index (Phi) is 4.40. The summed E-state index contributed by atoms with van der Waals surface area (Å²) in [6, 6.07) is 5.97. The Balaban J connectivity index is 2.41. The Labute approximate surface area is 83.6 Å². The van der Waals surface area contributed by atoms with E-state index in [2.05, 4.69) is 0 Å². The summed E-state index contributed by atoms with van der Waals surface area (Å²) in [5.74, 6) is 0.415. The van der Waals surface area contributed by atoms with Gasteiger partial charge in [-0.05, 0) is 30.7 Å². The second kappa shape index (κ2) is 5.60. The van der Waals surface area contributed by atoms with Crippen LogP contribution in [-0.2, 0) is 4.74 Å². The Morgan fingerprint density at radius 2 is 1.93 bits per heavy atom.